The molecular formula is C17H24N2O3. The fraction of sp³-hybridized carbons (Fsp3) is 0.647. The lowest BCUT2D eigenvalue weighted by Crippen LogP contribution is -2.42. The van der Waals surface area contributed by atoms with Gasteiger partial charge in [-0.3, -0.25) is 9.59 Å². The van der Waals surface area contributed by atoms with Crippen LogP contribution in [0.1, 0.15) is 64.8 Å². The number of Topliss-reactive ketones (excluding diaryl/α,β-unsaturated/α-hetero) is 1. The number of nitrogens with one attached hydrogen (secondary N) is 1. The van der Waals surface area contributed by atoms with Gasteiger partial charge in [-0.05, 0) is 32.7 Å². The van der Waals surface area contributed by atoms with Gasteiger partial charge in [0.05, 0.1) is 5.56 Å². The lowest BCUT2D eigenvalue weighted by molar-refractivity contribution is 0.0656. The first-order valence-electron chi connectivity index (χ1n) is 8.30. The van der Waals surface area contributed by atoms with Crippen LogP contribution >= 0.6 is 0 Å². The molecule has 0 bridgehead atoms. The Morgan fingerprint density at radius 2 is 2.23 bits per heavy atom. The largest absolute Gasteiger partial charge is 0.455 e. The Labute approximate surface area is 131 Å². The van der Waals surface area contributed by atoms with E-state index >= 15 is 0 Å². The third-order valence-electron chi connectivity index (χ3n) is 4.70. The van der Waals surface area contributed by atoms with E-state index in [4.69, 9.17) is 4.42 Å². The summed E-state index contributed by atoms with van der Waals surface area (Å²) < 4.78 is 5.82. The molecule has 0 aromatic carbocycles. The van der Waals surface area contributed by atoms with E-state index in [9.17, 15) is 9.59 Å². The molecule has 1 aliphatic carbocycles. The van der Waals surface area contributed by atoms with Gasteiger partial charge in [0.1, 0.15) is 5.76 Å². The molecule has 0 spiro atoms. The van der Waals surface area contributed by atoms with Crippen molar-refractivity contribution in [2.45, 2.75) is 52.0 Å². The first-order valence-corrected chi connectivity index (χ1v) is 8.30. The quantitative estimate of drug-likeness (QED) is 0.927. The van der Waals surface area contributed by atoms with E-state index in [0.29, 0.717) is 23.5 Å². The maximum Gasteiger partial charge on any atom is 0.290 e. The first kappa shape index (κ1) is 15.3. The summed E-state index contributed by atoms with van der Waals surface area (Å²) in [6, 6.07) is 0.227. The van der Waals surface area contributed by atoms with E-state index < -0.39 is 0 Å². The standard InChI is InChI=1S/C17H24N2O3/c1-3-9-19(12-7-8-18-10-12)17(21)16-11(2)15-13(20)5-4-6-14(15)22-16/h12,18H,3-10H2,1-2H3. The number of hydrogen-bond donors (Lipinski definition) is 1. The van der Waals surface area contributed by atoms with Gasteiger partial charge in [0.15, 0.2) is 11.5 Å². The second-order valence-electron chi connectivity index (χ2n) is 6.28. The van der Waals surface area contributed by atoms with Crippen LogP contribution in [0.4, 0.5) is 0 Å². The number of furan rings is 1. The third kappa shape index (κ3) is 2.58. The highest BCUT2D eigenvalue weighted by molar-refractivity contribution is 6.03. The topological polar surface area (TPSA) is 62.6 Å². The maximum absolute atomic E-state index is 13.0. The maximum atomic E-state index is 13.0. The highest BCUT2D eigenvalue weighted by Crippen LogP contribution is 2.30. The molecule has 1 atom stereocenters. The van der Waals surface area contributed by atoms with Gasteiger partial charge in [-0.25, -0.2) is 0 Å². The Balaban J connectivity index is 1.91. The van der Waals surface area contributed by atoms with Crippen molar-refractivity contribution in [2.75, 3.05) is 19.6 Å². The van der Waals surface area contributed by atoms with Crippen molar-refractivity contribution in [3.63, 3.8) is 0 Å². The molecule has 5 nitrogen and oxygen atoms in total. The second-order valence-corrected chi connectivity index (χ2v) is 6.28. The summed E-state index contributed by atoms with van der Waals surface area (Å²) >= 11 is 0. The Morgan fingerprint density at radius 3 is 2.86 bits per heavy atom. The van der Waals surface area contributed by atoms with Crippen molar-refractivity contribution in [3.8, 4) is 0 Å². The molecule has 1 N–H and O–H groups in total. The molecule has 22 heavy (non-hydrogen) atoms. The van der Waals surface area contributed by atoms with Crippen LogP contribution < -0.4 is 5.32 Å². The number of carbonyl (C=O) groups excluding carboxylic acids is 2. The minimum atomic E-state index is -0.0600. The monoisotopic (exact) mass is 304 g/mol. The van der Waals surface area contributed by atoms with Crippen molar-refractivity contribution in [2.24, 2.45) is 0 Å². The molecule has 1 aromatic rings. The zero-order valence-electron chi connectivity index (χ0n) is 13.4. The predicted octanol–water partition coefficient (Wildman–Crippen LogP) is 2.32. The molecule has 2 heterocycles. The molecule has 1 aromatic heterocycles. The van der Waals surface area contributed by atoms with E-state index in [-0.39, 0.29) is 17.7 Å². The normalized spacial score (nSPS) is 21.0. The highest BCUT2D eigenvalue weighted by atomic mass is 16.4. The number of amides is 1. The Kier molecular flexibility index (Phi) is 4.34. The number of ketones is 1. The van der Waals surface area contributed by atoms with Gasteiger partial charge in [-0.2, -0.15) is 0 Å². The number of fused-ring (bicyclic) bond motifs is 1. The zero-order chi connectivity index (χ0) is 15.7. The lowest BCUT2D eigenvalue weighted by Gasteiger charge is -2.27. The van der Waals surface area contributed by atoms with Gasteiger partial charge >= 0.3 is 0 Å². The minimum Gasteiger partial charge on any atom is -0.455 e. The van der Waals surface area contributed by atoms with Crippen molar-refractivity contribution < 1.29 is 14.0 Å². The van der Waals surface area contributed by atoms with Crippen LogP contribution in [0.3, 0.4) is 0 Å². The molecule has 120 valence electrons. The van der Waals surface area contributed by atoms with Crippen LogP contribution in [-0.2, 0) is 6.42 Å². The van der Waals surface area contributed by atoms with Crippen LogP contribution in [0.25, 0.3) is 0 Å². The summed E-state index contributed by atoms with van der Waals surface area (Å²) in [4.78, 5) is 27.0. The molecule has 2 aliphatic rings. The number of hydrogen-bond acceptors (Lipinski definition) is 4. The van der Waals surface area contributed by atoms with Gasteiger partial charge in [0, 0.05) is 37.5 Å². The summed E-state index contributed by atoms with van der Waals surface area (Å²) in [5, 5.41) is 3.31. The van der Waals surface area contributed by atoms with E-state index in [1.165, 1.54) is 0 Å². The highest BCUT2D eigenvalue weighted by Gasteiger charge is 2.33. The van der Waals surface area contributed by atoms with Gasteiger partial charge in [0.25, 0.3) is 5.91 Å². The molecule has 0 radical (unpaired) electrons. The average molecular weight is 304 g/mol. The van der Waals surface area contributed by atoms with E-state index in [0.717, 1.165) is 50.9 Å². The molecule has 5 heteroatoms. The Morgan fingerprint density at radius 1 is 1.41 bits per heavy atom. The van der Waals surface area contributed by atoms with Crippen LogP contribution in [0.15, 0.2) is 4.42 Å². The molecule has 0 saturated carbocycles. The summed E-state index contributed by atoms with van der Waals surface area (Å²) in [6.07, 6.45) is 4.03. The van der Waals surface area contributed by atoms with Crippen LogP contribution in [0, 0.1) is 6.92 Å². The lowest BCUT2D eigenvalue weighted by atomic mass is 9.94. The first-order chi connectivity index (χ1) is 10.6. The van der Waals surface area contributed by atoms with Crippen molar-refractivity contribution in [3.05, 3.63) is 22.6 Å². The number of aryl methyl sites for hydroxylation is 1. The molecule has 1 unspecified atom stereocenters. The minimum absolute atomic E-state index is 0.0600. The van der Waals surface area contributed by atoms with E-state index in [2.05, 4.69) is 12.2 Å². The smallest absolute Gasteiger partial charge is 0.290 e. The molecule has 1 saturated heterocycles. The van der Waals surface area contributed by atoms with Gasteiger partial charge in [0.2, 0.25) is 0 Å². The Bertz CT molecular complexity index is 585. The van der Waals surface area contributed by atoms with Crippen LogP contribution in [0.2, 0.25) is 0 Å². The molecule has 1 fully saturated rings. The molecule has 1 amide bonds. The Hall–Kier alpha value is -1.62. The van der Waals surface area contributed by atoms with Crippen molar-refractivity contribution in [1.29, 1.82) is 0 Å². The molecule has 1 aliphatic heterocycles. The van der Waals surface area contributed by atoms with Crippen LogP contribution in [-0.4, -0.2) is 42.3 Å². The average Bonchev–Trinajstić information content (AvgIpc) is 3.13. The van der Waals surface area contributed by atoms with Crippen LogP contribution in [0.5, 0.6) is 0 Å². The number of nitrogens with zero attached hydrogens (tertiary/aromatic N) is 1. The summed E-state index contributed by atoms with van der Waals surface area (Å²) in [5.74, 6) is 1.14. The number of carbonyl (C=O) groups is 2. The third-order valence-corrected chi connectivity index (χ3v) is 4.70. The fourth-order valence-electron chi connectivity index (χ4n) is 3.58. The number of rotatable bonds is 4. The van der Waals surface area contributed by atoms with Crippen molar-refractivity contribution >= 4 is 11.7 Å². The van der Waals surface area contributed by atoms with Gasteiger partial charge in [-0.1, -0.05) is 6.92 Å². The summed E-state index contributed by atoms with van der Waals surface area (Å²) in [6.45, 7) is 6.43. The van der Waals surface area contributed by atoms with E-state index in [1.807, 2.05) is 11.8 Å². The van der Waals surface area contributed by atoms with Gasteiger partial charge in [-0.15, -0.1) is 0 Å². The SMILES string of the molecule is CCCN(C(=O)c1oc2c(c1C)C(=O)CCC2)C1CCNC1. The predicted molar refractivity (Wildman–Crippen MR) is 83.3 cm³/mol. The molecular weight excluding hydrogens is 280 g/mol. The summed E-state index contributed by atoms with van der Waals surface area (Å²) in [7, 11) is 0. The summed E-state index contributed by atoms with van der Waals surface area (Å²) in [5.41, 5.74) is 1.40. The second kappa shape index (κ2) is 6.24. The van der Waals surface area contributed by atoms with Gasteiger partial charge < -0.3 is 14.6 Å². The van der Waals surface area contributed by atoms with Crippen molar-refractivity contribution in [1.82, 2.24) is 10.2 Å². The fourth-order valence-corrected chi connectivity index (χ4v) is 3.58. The molecule has 3 rings (SSSR count). The van der Waals surface area contributed by atoms with E-state index in [1.54, 1.807) is 0 Å². The zero-order valence-corrected chi connectivity index (χ0v) is 13.4.